The Morgan fingerprint density at radius 1 is 1.73 bits per heavy atom. The molecular weight excluding hydrogens is 202 g/mol. The van der Waals surface area contributed by atoms with Gasteiger partial charge in [0.05, 0.1) is 0 Å². The van der Waals surface area contributed by atoms with Crippen LogP contribution in [0.15, 0.2) is 5.16 Å². The van der Waals surface area contributed by atoms with Crippen molar-refractivity contribution >= 4 is 11.8 Å². The van der Waals surface area contributed by atoms with E-state index in [1.807, 2.05) is 0 Å². The minimum atomic E-state index is -1.19. The van der Waals surface area contributed by atoms with Crippen molar-refractivity contribution in [3.63, 3.8) is 0 Å². The number of carbonyl (C=O) groups excluding carboxylic acids is 1. The molecule has 1 aliphatic rings. The van der Waals surface area contributed by atoms with Gasteiger partial charge in [0.2, 0.25) is 0 Å². The zero-order valence-corrected chi connectivity index (χ0v) is 8.65. The monoisotopic (exact) mass is 215 g/mol. The van der Waals surface area contributed by atoms with Gasteiger partial charge in [-0.2, -0.15) is 0 Å². The maximum atomic E-state index is 10.8. The Balaban J connectivity index is 2.76. The number of nitro groups is 1. The van der Waals surface area contributed by atoms with Gasteiger partial charge in [-0.05, 0) is 12.8 Å². The Kier molecular flexibility index (Phi) is 3.23. The zero-order chi connectivity index (χ0) is 11.5. The first kappa shape index (κ1) is 11.4. The average molecular weight is 215 g/mol. The summed E-state index contributed by atoms with van der Waals surface area (Å²) >= 11 is 0. The third-order valence-electron chi connectivity index (χ3n) is 2.54. The molecule has 1 fully saturated rings. The van der Waals surface area contributed by atoms with E-state index in [1.165, 1.54) is 14.0 Å². The summed E-state index contributed by atoms with van der Waals surface area (Å²) in [5.41, 5.74) is -0.871. The molecule has 0 aliphatic heterocycles. The van der Waals surface area contributed by atoms with Gasteiger partial charge in [-0.25, -0.2) is 4.79 Å². The Labute approximate surface area is 86.6 Å². The van der Waals surface area contributed by atoms with E-state index in [1.54, 1.807) is 0 Å². The van der Waals surface area contributed by atoms with Crippen molar-refractivity contribution in [3.8, 4) is 0 Å². The summed E-state index contributed by atoms with van der Waals surface area (Å²) < 4.78 is 0. The number of nitrogens with one attached hydrogen (secondary N) is 1. The molecule has 7 heteroatoms. The minimum Gasteiger partial charge on any atom is -0.323 e. The normalized spacial score (nSPS) is 27.7. The van der Waals surface area contributed by atoms with Crippen molar-refractivity contribution in [2.45, 2.75) is 31.7 Å². The molecule has 1 atom stereocenters. The van der Waals surface area contributed by atoms with Crippen molar-refractivity contribution in [1.29, 1.82) is 0 Å². The van der Waals surface area contributed by atoms with E-state index < -0.39 is 11.6 Å². The molecule has 1 N–H and O–H groups in total. The number of amides is 1. The smallest absolute Gasteiger partial charge is 0.323 e. The molecule has 7 nitrogen and oxygen atoms in total. The van der Waals surface area contributed by atoms with Crippen molar-refractivity contribution < 1.29 is 14.6 Å². The summed E-state index contributed by atoms with van der Waals surface area (Å²) in [6, 6.07) is 0. The van der Waals surface area contributed by atoms with Gasteiger partial charge in [0.15, 0.2) is 0 Å². The van der Waals surface area contributed by atoms with Crippen molar-refractivity contribution in [1.82, 2.24) is 5.32 Å². The second-order valence-corrected chi connectivity index (χ2v) is 3.55. The van der Waals surface area contributed by atoms with Gasteiger partial charge in [-0.15, -0.1) is 0 Å². The predicted octanol–water partition coefficient (Wildman–Crippen LogP) is 0.918. The Morgan fingerprint density at radius 2 is 2.40 bits per heavy atom. The van der Waals surface area contributed by atoms with Gasteiger partial charge in [-0.3, -0.25) is 15.0 Å². The lowest BCUT2D eigenvalue weighted by Crippen LogP contribution is -2.39. The fraction of sp³-hybridized carbons (Fsp3) is 0.750. The number of hydrogen-bond donors (Lipinski definition) is 1. The lowest BCUT2D eigenvalue weighted by molar-refractivity contribution is -0.542. The molecule has 0 aromatic rings. The van der Waals surface area contributed by atoms with Crippen molar-refractivity contribution in [2.24, 2.45) is 5.16 Å². The molecule has 84 valence electrons. The number of nitrogens with zero attached hydrogens (tertiary/aromatic N) is 2. The molecule has 0 spiro atoms. The fourth-order valence-corrected chi connectivity index (χ4v) is 1.50. The van der Waals surface area contributed by atoms with Gasteiger partial charge >= 0.3 is 6.09 Å². The summed E-state index contributed by atoms with van der Waals surface area (Å²) in [5.74, 6) is 0. The van der Waals surface area contributed by atoms with Crippen LogP contribution in [0.1, 0.15) is 26.2 Å². The van der Waals surface area contributed by atoms with Gasteiger partial charge in [-0.1, -0.05) is 5.16 Å². The van der Waals surface area contributed by atoms with E-state index in [0.29, 0.717) is 25.0 Å². The third-order valence-corrected chi connectivity index (χ3v) is 2.54. The van der Waals surface area contributed by atoms with Crippen LogP contribution in [0.2, 0.25) is 0 Å². The largest absolute Gasteiger partial charge is 0.433 e. The van der Waals surface area contributed by atoms with Crippen LogP contribution in [-0.2, 0) is 4.84 Å². The summed E-state index contributed by atoms with van der Waals surface area (Å²) in [6.45, 7) is 1.49. The molecule has 0 bridgehead atoms. The number of oxime groups is 1. The Morgan fingerprint density at radius 3 is 2.93 bits per heavy atom. The van der Waals surface area contributed by atoms with Gasteiger partial charge in [0, 0.05) is 25.3 Å². The Hall–Kier alpha value is -1.66. The van der Waals surface area contributed by atoms with Crippen LogP contribution >= 0.6 is 0 Å². The lowest BCUT2D eigenvalue weighted by atomic mass is 10.0. The quantitative estimate of drug-likeness (QED) is 0.421. The molecule has 0 radical (unpaired) electrons. The van der Waals surface area contributed by atoms with Crippen molar-refractivity contribution in [3.05, 3.63) is 10.1 Å². The van der Waals surface area contributed by atoms with Gasteiger partial charge in [0.1, 0.15) is 5.71 Å². The third kappa shape index (κ3) is 2.23. The highest BCUT2D eigenvalue weighted by molar-refractivity contribution is 5.93. The van der Waals surface area contributed by atoms with Crippen LogP contribution < -0.4 is 5.32 Å². The number of hydrogen-bond acceptors (Lipinski definition) is 5. The molecule has 0 aromatic heterocycles. The molecule has 0 aromatic carbocycles. The van der Waals surface area contributed by atoms with E-state index in [9.17, 15) is 14.9 Å². The maximum Gasteiger partial charge on any atom is 0.433 e. The molecule has 1 saturated carbocycles. The standard InChI is InChI=1S/C8H13N3O4/c1-8(11(13)14)5-3-4-6(8)10-15-7(12)9-2/h3-5H2,1-2H3,(H,9,12)/b10-6+. The van der Waals surface area contributed by atoms with Crippen molar-refractivity contribution in [2.75, 3.05) is 7.05 Å². The first-order valence-corrected chi connectivity index (χ1v) is 4.61. The summed E-state index contributed by atoms with van der Waals surface area (Å²) in [4.78, 5) is 25.6. The first-order chi connectivity index (χ1) is 7.00. The van der Waals surface area contributed by atoms with Gasteiger partial charge in [0.25, 0.3) is 5.54 Å². The predicted molar refractivity (Wildman–Crippen MR) is 52.2 cm³/mol. The van der Waals surface area contributed by atoms with Crippen LogP contribution in [-0.4, -0.2) is 29.3 Å². The second kappa shape index (κ2) is 4.24. The molecular formula is C8H13N3O4. The second-order valence-electron chi connectivity index (χ2n) is 3.55. The molecule has 1 aliphatic carbocycles. The van der Waals surface area contributed by atoms with E-state index >= 15 is 0 Å². The van der Waals surface area contributed by atoms with Crippen LogP contribution in [0.25, 0.3) is 0 Å². The molecule has 1 rings (SSSR count). The summed E-state index contributed by atoms with van der Waals surface area (Å²) in [6.07, 6.45) is 0.887. The van der Waals surface area contributed by atoms with Crippen LogP contribution in [0.5, 0.6) is 0 Å². The van der Waals surface area contributed by atoms with E-state index in [0.717, 1.165) is 0 Å². The first-order valence-electron chi connectivity index (χ1n) is 4.61. The summed E-state index contributed by atoms with van der Waals surface area (Å²) in [7, 11) is 1.39. The number of rotatable bonds is 2. The van der Waals surface area contributed by atoms with Crippen LogP contribution in [0, 0.1) is 10.1 Å². The van der Waals surface area contributed by atoms with Gasteiger partial charge < -0.3 is 5.32 Å². The minimum absolute atomic E-state index is 0.316. The topological polar surface area (TPSA) is 93.8 Å². The number of carbonyl (C=O) groups is 1. The summed E-state index contributed by atoms with van der Waals surface area (Å²) in [5, 5.41) is 16.6. The highest BCUT2D eigenvalue weighted by atomic mass is 16.7. The van der Waals surface area contributed by atoms with E-state index in [4.69, 9.17) is 0 Å². The zero-order valence-electron chi connectivity index (χ0n) is 8.65. The van der Waals surface area contributed by atoms with Crippen LogP contribution in [0.4, 0.5) is 4.79 Å². The fourth-order valence-electron chi connectivity index (χ4n) is 1.50. The maximum absolute atomic E-state index is 10.8. The average Bonchev–Trinajstić information content (AvgIpc) is 2.58. The SMILES string of the molecule is CNC(=O)O/N=C1\CCCC1(C)[N+](=O)[O-]. The molecule has 0 heterocycles. The highest BCUT2D eigenvalue weighted by Crippen LogP contribution is 2.29. The van der Waals surface area contributed by atoms with E-state index in [2.05, 4.69) is 15.3 Å². The highest BCUT2D eigenvalue weighted by Gasteiger charge is 2.47. The lowest BCUT2D eigenvalue weighted by Gasteiger charge is -2.13. The molecule has 1 unspecified atom stereocenters. The van der Waals surface area contributed by atoms with Crippen LogP contribution in [0.3, 0.4) is 0 Å². The molecule has 15 heavy (non-hydrogen) atoms. The molecule has 0 saturated heterocycles. The van der Waals surface area contributed by atoms with E-state index in [-0.39, 0.29) is 4.92 Å². The Bertz CT molecular complexity index is 315. The molecule has 1 amide bonds.